The van der Waals surface area contributed by atoms with Crippen LogP contribution in [0.4, 0.5) is 5.82 Å². The highest BCUT2D eigenvalue weighted by molar-refractivity contribution is 5.96. The molecule has 8 heteroatoms. The summed E-state index contributed by atoms with van der Waals surface area (Å²) in [6.07, 6.45) is 0. The van der Waals surface area contributed by atoms with Crippen LogP contribution in [0.25, 0.3) is 22.4 Å². The number of anilines is 1. The van der Waals surface area contributed by atoms with E-state index in [1.54, 1.807) is 4.90 Å². The van der Waals surface area contributed by atoms with Crippen LogP contribution in [0, 0.1) is 6.92 Å². The molecule has 1 aliphatic rings. The van der Waals surface area contributed by atoms with Gasteiger partial charge in [0.1, 0.15) is 6.54 Å². The maximum atomic E-state index is 13.4. The summed E-state index contributed by atoms with van der Waals surface area (Å²) in [5.41, 5.74) is 5.90. The minimum atomic E-state index is -0.103. The Balaban J connectivity index is 1.17. The first-order valence-corrected chi connectivity index (χ1v) is 15.6. The van der Waals surface area contributed by atoms with E-state index in [2.05, 4.69) is 70.2 Å². The highest BCUT2D eigenvalue weighted by Crippen LogP contribution is 2.24. The van der Waals surface area contributed by atoms with Gasteiger partial charge in [-0.25, -0.2) is 0 Å². The average Bonchev–Trinajstić information content (AvgIpc) is 3.09. The molecule has 8 nitrogen and oxygen atoms in total. The summed E-state index contributed by atoms with van der Waals surface area (Å²) < 4.78 is 0. The zero-order chi connectivity index (χ0) is 30.9. The highest BCUT2D eigenvalue weighted by Gasteiger charge is 2.26. The molecule has 0 spiro atoms. The predicted octanol–water partition coefficient (Wildman–Crippen LogP) is 5.25. The Morgan fingerprint density at radius 3 is 1.95 bits per heavy atom. The molecule has 0 bridgehead atoms. The van der Waals surface area contributed by atoms with Gasteiger partial charge in [0, 0.05) is 50.4 Å². The van der Waals surface area contributed by atoms with Crippen molar-refractivity contribution < 1.29 is 9.59 Å². The monoisotopic (exact) mass is 590 g/mol. The molecule has 0 atom stereocenters. The van der Waals surface area contributed by atoms with E-state index in [-0.39, 0.29) is 18.4 Å². The quantitative estimate of drug-likeness (QED) is 0.238. The number of amides is 2. The number of carbonyl (C=O) groups is 2. The maximum Gasteiger partial charge on any atom is 0.254 e. The number of rotatable bonds is 11. The highest BCUT2D eigenvalue weighted by atomic mass is 16.2. The van der Waals surface area contributed by atoms with Crippen molar-refractivity contribution >= 4 is 17.6 Å². The molecule has 4 aromatic rings. The predicted molar refractivity (Wildman–Crippen MR) is 177 cm³/mol. The molecular formula is C36H42N6O2. The molecule has 2 amide bonds. The van der Waals surface area contributed by atoms with Gasteiger partial charge in [-0.1, -0.05) is 86.1 Å². The molecule has 0 N–H and O–H groups in total. The van der Waals surface area contributed by atoms with Gasteiger partial charge in [-0.2, -0.15) is 0 Å². The second-order valence-electron chi connectivity index (χ2n) is 11.2. The van der Waals surface area contributed by atoms with Crippen molar-refractivity contribution in [2.24, 2.45) is 0 Å². The van der Waals surface area contributed by atoms with Crippen molar-refractivity contribution in [1.82, 2.24) is 24.9 Å². The zero-order valence-electron chi connectivity index (χ0n) is 26.0. The van der Waals surface area contributed by atoms with Gasteiger partial charge in [-0.3, -0.25) is 9.59 Å². The van der Waals surface area contributed by atoms with Gasteiger partial charge >= 0.3 is 0 Å². The van der Waals surface area contributed by atoms with Crippen LogP contribution >= 0.6 is 0 Å². The Morgan fingerprint density at radius 1 is 0.705 bits per heavy atom. The van der Waals surface area contributed by atoms with Crippen LogP contribution in [0.5, 0.6) is 0 Å². The molecule has 1 fully saturated rings. The summed E-state index contributed by atoms with van der Waals surface area (Å²) in [5, 5.41) is 9.01. The molecule has 0 aliphatic carbocycles. The molecule has 0 unspecified atom stereocenters. The van der Waals surface area contributed by atoms with Crippen LogP contribution in [0.1, 0.15) is 29.8 Å². The van der Waals surface area contributed by atoms with E-state index in [4.69, 9.17) is 0 Å². The van der Waals surface area contributed by atoms with Crippen LogP contribution < -0.4 is 4.90 Å². The fourth-order valence-corrected chi connectivity index (χ4v) is 5.49. The van der Waals surface area contributed by atoms with E-state index in [1.807, 2.05) is 66.4 Å². The number of likely N-dealkylation sites (N-methyl/N-ethyl adjacent to an activating group) is 1. The van der Waals surface area contributed by atoms with Gasteiger partial charge in [0.2, 0.25) is 5.91 Å². The minimum Gasteiger partial charge on any atom is -0.352 e. The maximum absolute atomic E-state index is 13.4. The largest absolute Gasteiger partial charge is 0.352 e. The zero-order valence-corrected chi connectivity index (χ0v) is 26.0. The summed E-state index contributed by atoms with van der Waals surface area (Å²) >= 11 is 0. The van der Waals surface area contributed by atoms with Crippen molar-refractivity contribution in [1.29, 1.82) is 0 Å². The molecule has 1 saturated heterocycles. The molecule has 5 rings (SSSR count). The Labute approximate surface area is 260 Å². The molecule has 228 valence electrons. The van der Waals surface area contributed by atoms with E-state index in [0.29, 0.717) is 38.3 Å². The van der Waals surface area contributed by atoms with Crippen molar-refractivity contribution in [3.63, 3.8) is 0 Å². The summed E-state index contributed by atoms with van der Waals surface area (Å²) in [4.78, 5) is 34.8. The van der Waals surface area contributed by atoms with Crippen molar-refractivity contribution in [3.8, 4) is 22.4 Å². The lowest BCUT2D eigenvalue weighted by molar-refractivity contribution is -0.132. The normalized spacial score (nSPS) is 13.3. The summed E-state index contributed by atoms with van der Waals surface area (Å²) in [6, 6.07) is 30.2. The molecule has 3 aromatic carbocycles. The topological polar surface area (TPSA) is 72.9 Å². The van der Waals surface area contributed by atoms with E-state index < -0.39 is 0 Å². The van der Waals surface area contributed by atoms with E-state index in [0.717, 1.165) is 47.8 Å². The number of nitrogens with zero attached hydrogens (tertiary/aromatic N) is 6. The molecule has 1 aliphatic heterocycles. The number of hydrogen-bond acceptors (Lipinski definition) is 6. The number of benzene rings is 3. The Kier molecular flexibility index (Phi) is 10.4. The molecular weight excluding hydrogens is 548 g/mol. The van der Waals surface area contributed by atoms with Crippen molar-refractivity contribution in [3.05, 3.63) is 102 Å². The molecule has 1 aromatic heterocycles. The third kappa shape index (κ3) is 7.68. The molecule has 44 heavy (non-hydrogen) atoms. The third-order valence-electron chi connectivity index (χ3n) is 8.39. The van der Waals surface area contributed by atoms with Crippen LogP contribution in [0.15, 0.2) is 91.0 Å². The van der Waals surface area contributed by atoms with E-state index >= 15 is 0 Å². The summed E-state index contributed by atoms with van der Waals surface area (Å²) in [7, 11) is 0. The van der Waals surface area contributed by atoms with E-state index in [1.165, 1.54) is 5.56 Å². The number of carbonyl (C=O) groups excluding carboxylic acids is 2. The van der Waals surface area contributed by atoms with Gasteiger partial charge < -0.3 is 19.6 Å². The Morgan fingerprint density at radius 2 is 1.34 bits per heavy atom. The smallest absolute Gasteiger partial charge is 0.254 e. The fourth-order valence-electron chi connectivity index (χ4n) is 5.49. The summed E-state index contributed by atoms with van der Waals surface area (Å²) in [5.74, 6) is 0.677. The van der Waals surface area contributed by atoms with Crippen molar-refractivity contribution in [2.45, 2.75) is 20.8 Å². The number of hydrogen-bond donors (Lipinski definition) is 0. The fraction of sp³-hybridized carbons (Fsp3) is 0.333. The summed E-state index contributed by atoms with van der Waals surface area (Å²) in [6.45, 7) is 11.8. The average molecular weight is 591 g/mol. The molecule has 2 heterocycles. The third-order valence-corrected chi connectivity index (χ3v) is 8.39. The number of piperazine rings is 1. The van der Waals surface area contributed by atoms with Gasteiger partial charge in [0.15, 0.2) is 5.82 Å². The first kappa shape index (κ1) is 30.9. The second-order valence-corrected chi connectivity index (χ2v) is 11.2. The SMILES string of the molecule is CCN(CC)CCN(CC(=O)N1CCN(c2ccc(-c3ccc(-c4ccccc4)cc3)nn2)CC1)C(=O)c1ccc(C)cc1. The van der Waals surface area contributed by atoms with Crippen LogP contribution in [-0.4, -0.2) is 95.6 Å². The number of aryl methyl sites for hydroxylation is 1. The van der Waals surface area contributed by atoms with E-state index in [9.17, 15) is 9.59 Å². The van der Waals surface area contributed by atoms with Gasteiger partial charge in [0.25, 0.3) is 5.91 Å². The Hall–Kier alpha value is -4.56. The molecule has 0 radical (unpaired) electrons. The lowest BCUT2D eigenvalue weighted by atomic mass is 10.0. The lowest BCUT2D eigenvalue weighted by Gasteiger charge is -2.36. The van der Waals surface area contributed by atoms with Gasteiger partial charge in [0.05, 0.1) is 5.69 Å². The second kappa shape index (κ2) is 14.8. The lowest BCUT2D eigenvalue weighted by Crippen LogP contribution is -2.52. The van der Waals surface area contributed by atoms with Crippen LogP contribution in [0.3, 0.4) is 0 Å². The van der Waals surface area contributed by atoms with Gasteiger partial charge in [-0.15, -0.1) is 10.2 Å². The van der Waals surface area contributed by atoms with Crippen LogP contribution in [-0.2, 0) is 4.79 Å². The van der Waals surface area contributed by atoms with Crippen LogP contribution in [0.2, 0.25) is 0 Å². The van der Waals surface area contributed by atoms with Crippen molar-refractivity contribution in [2.75, 3.05) is 63.8 Å². The first-order valence-electron chi connectivity index (χ1n) is 15.6. The minimum absolute atomic E-state index is 0.0231. The Bertz CT molecular complexity index is 1500. The number of aromatic nitrogens is 2. The first-order chi connectivity index (χ1) is 21.4. The standard InChI is InChI=1S/C36H42N6O2/c1-4-39(5-2)21-22-42(36(44)32-13-11-28(3)12-14-32)27-35(43)41-25-23-40(24-26-41)34-20-19-33(37-38-34)31-17-15-30(16-18-31)29-9-7-6-8-10-29/h6-20H,4-5,21-27H2,1-3H3. The van der Waals surface area contributed by atoms with Gasteiger partial charge in [-0.05, 0) is 55.4 Å². The molecule has 0 saturated carbocycles.